The summed E-state index contributed by atoms with van der Waals surface area (Å²) in [4.78, 5) is 5.32. The molecule has 1 atom stereocenters. The molecule has 2 rings (SSSR count). The van der Waals surface area contributed by atoms with Crippen LogP contribution in [0, 0.1) is 23.5 Å². The predicted molar refractivity (Wildman–Crippen MR) is 97.4 cm³/mol. The first-order valence-corrected chi connectivity index (χ1v) is 8.62. The highest BCUT2D eigenvalue weighted by molar-refractivity contribution is 8.03. The van der Waals surface area contributed by atoms with Crippen LogP contribution in [0.25, 0.3) is 5.57 Å². The van der Waals surface area contributed by atoms with Crippen LogP contribution in [0.4, 0.5) is 0 Å². The van der Waals surface area contributed by atoms with Gasteiger partial charge in [0, 0.05) is 22.9 Å². The topological polar surface area (TPSA) is 12.9 Å². The summed E-state index contributed by atoms with van der Waals surface area (Å²) in [6, 6.07) is 2.10. The first-order valence-electron chi connectivity index (χ1n) is 7.80. The predicted octanol–water partition coefficient (Wildman–Crippen LogP) is 5.72. The molecule has 1 heterocycles. The van der Waals surface area contributed by atoms with Crippen LogP contribution in [-0.4, -0.2) is 4.98 Å². The van der Waals surface area contributed by atoms with Crippen LogP contribution < -0.4 is 0 Å². The number of hydrogen-bond donors (Lipinski definition) is 0. The van der Waals surface area contributed by atoms with E-state index >= 15 is 0 Å². The van der Waals surface area contributed by atoms with Gasteiger partial charge < -0.3 is 0 Å². The molecule has 1 fully saturated rings. The first kappa shape index (κ1) is 16.6. The lowest BCUT2D eigenvalue weighted by molar-refractivity contribution is 0.698. The summed E-state index contributed by atoms with van der Waals surface area (Å²) >= 11 is 1.36. The van der Waals surface area contributed by atoms with Crippen molar-refractivity contribution in [2.75, 3.05) is 0 Å². The largest absolute Gasteiger partial charge is 0.263 e. The Labute approximate surface area is 138 Å². The lowest BCUT2D eigenvalue weighted by atomic mass is 10.00. The van der Waals surface area contributed by atoms with Crippen molar-refractivity contribution in [3.63, 3.8) is 0 Å². The Bertz CT molecular complexity index is 629. The molecule has 0 radical (unpaired) electrons. The van der Waals surface area contributed by atoms with Crippen molar-refractivity contribution < 1.29 is 0 Å². The molecule has 0 spiro atoms. The maximum Gasteiger partial charge on any atom is 0.0414 e. The van der Waals surface area contributed by atoms with E-state index in [4.69, 9.17) is 6.42 Å². The number of thioether (sulfide) groups is 1. The van der Waals surface area contributed by atoms with Gasteiger partial charge in [-0.2, -0.15) is 0 Å². The number of hydrogen-bond acceptors (Lipinski definition) is 2. The first-order chi connectivity index (χ1) is 10.6. The Kier molecular flexibility index (Phi) is 6.10. The zero-order chi connectivity index (χ0) is 15.9. The van der Waals surface area contributed by atoms with Crippen molar-refractivity contribution in [1.29, 1.82) is 0 Å². The standard InChI is InChI=1S/C20H23NS/c1-5-15(3)7-8-18(11-16(4)17-9-10-17)19-12-20(22-6-2)14-21-13-19/h2,7-8,11-15,17H,4-5,9-10H2,1,3H3/b8-7-,18-11+. The van der Waals surface area contributed by atoms with Crippen LogP contribution in [0.1, 0.15) is 38.7 Å². The quantitative estimate of drug-likeness (QED) is 0.363. The molecule has 1 aliphatic carbocycles. The van der Waals surface area contributed by atoms with Crippen molar-refractivity contribution in [1.82, 2.24) is 4.98 Å². The molecule has 2 heteroatoms. The Morgan fingerprint density at radius 2 is 2.32 bits per heavy atom. The molecule has 0 saturated heterocycles. The van der Waals surface area contributed by atoms with Crippen molar-refractivity contribution in [3.8, 4) is 11.7 Å². The second-order valence-corrected chi connectivity index (χ2v) is 6.73. The van der Waals surface area contributed by atoms with Gasteiger partial charge in [-0.1, -0.05) is 50.6 Å². The van der Waals surface area contributed by atoms with Crippen LogP contribution >= 0.6 is 11.8 Å². The van der Waals surface area contributed by atoms with E-state index in [1.165, 1.54) is 35.7 Å². The van der Waals surface area contributed by atoms with Gasteiger partial charge in [0.05, 0.1) is 0 Å². The molecule has 0 aromatic carbocycles. The Balaban J connectivity index is 2.30. The smallest absolute Gasteiger partial charge is 0.0414 e. The summed E-state index contributed by atoms with van der Waals surface area (Å²) in [6.45, 7) is 8.65. The van der Waals surface area contributed by atoms with E-state index in [0.717, 1.165) is 16.9 Å². The van der Waals surface area contributed by atoms with Gasteiger partial charge in [0.25, 0.3) is 0 Å². The highest BCUT2D eigenvalue weighted by Gasteiger charge is 2.23. The Morgan fingerprint density at radius 1 is 1.55 bits per heavy atom. The third-order valence-corrected chi connectivity index (χ3v) is 4.49. The van der Waals surface area contributed by atoms with Gasteiger partial charge in [0.2, 0.25) is 0 Å². The molecule has 1 saturated carbocycles. The van der Waals surface area contributed by atoms with E-state index < -0.39 is 0 Å². The average Bonchev–Trinajstić information content (AvgIpc) is 3.36. The van der Waals surface area contributed by atoms with Gasteiger partial charge in [-0.15, -0.1) is 6.42 Å². The minimum absolute atomic E-state index is 0.564. The molecular formula is C20H23NS. The van der Waals surface area contributed by atoms with Crippen molar-refractivity contribution in [2.24, 2.45) is 11.8 Å². The van der Waals surface area contributed by atoms with Gasteiger partial charge >= 0.3 is 0 Å². The van der Waals surface area contributed by atoms with Gasteiger partial charge in [0.1, 0.15) is 0 Å². The SMILES string of the molecule is C#CSc1cncc(C(/C=C\C(C)CC)=C/C(=C)C2CC2)c1. The highest BCUT2D eigenvalue weighted by atomic mass is 32.2. The van der Waals surface area contributed by atoms with E-state index in [0.29, 0.717) is 11.8 Å². The average molecular weight is 309 g/mol. The zero-order valence-corrected chi connectivity index (χ0v) is 14.2. The summed E-state index contributed by atoms with van der Waals surface area (Å²) in [5.74, 6) is 1.23. The normalized spacial score (nSPS) is 16.5. The van der Waals surface area contributed by atoms with Gasteiger partial charge in [-0.25, -0.2) is 0 Å². The second kappa shape index (κ2) is 8.06. The van der Waals surface area contributed by atoms with E-state index in [1.54, 1.807) is 6.20 Å². The molecule has 0 bridgehead atoms. The summed E-state index contributed by atoms with van der Waals surface area (Å²) in [5, 5.41) is 2.60. The summed E-state index contributed by atoms with van der Waals surface area (Å²) in [5.41, 5.74) is 3.49. The summed E-state index contributed by atoms with van der Waals surface area (Å²) in [7, 11) is 0. The molecule has 0 aliphatic heterocycles. The molecule has 1 unspecified atom stereocenters. The molecule has 114 valence electrons. The Hall–Kier alpha value is -1.72. The van der Waals surface area contributed by atoms with E-state index in [9.17, 15) is 0 Å². The monoisotopic (exact) mass is 309 g/mol. The van der Waals surface area contributed by atoms with Crippen molar-refractivity contribution in [3.05, 3.63) is 54.4 Å². The number of pyridine rings is 1. The van der Waals surface area contributed by atoms with Crippen LogP contribution in [0.2, 0.25) is 0 Å². The lowest BCUT2D eigenvalue weighted by Crippen LogP contribution is -1.90. The molecule has 1 aromatic rings. The molecule has 0 amide bonds. The van der Waals surface area contributed by atoms with E-state index in [2.05, 4.69) is 55.0 Å². The maximum absolute atomic E-state index is 5.37. The lowest BCUT2D eigenvalue weighted by Gasteiger charge is -2.07. The minimum atomic E-state index is 0.564. The highest BCUT2D eigenvalue weighted by Crippen LogP contribution is 2.37. The number of nitrogens with zero attached hydrogens (tertiary/aromatic N) is 1. The van der Waals surface area contributed by atoms with E-state index in [-0.39, 0.29) is 0 Å². The van der Waals surface area contributed by atoms with Gasteiger partial charge in [-0.3, -0.25) is 4.98 Å². The van der Waals surface area contributed by atoms with Gasteiger partial charge in [-0.05, 0) is 53.3 Å². The number of rotatable bonds is 7. The van der Waals surface area contributed by atoms with Gasteiger partial charge in [0.15, 0.2) is 0 Å². The fraction of sp³-hybridized carbons (Fsp3) is 0.350. The zero-order valence-electron chi connectivity index (χ0n) is 13.4. The maximum atomic E-state index is 5.37. The van der Waals surface area contributed by atoms with Crippen molar-refractivity contribution >= 4 is 17.3 Å². The molecule has 1 nitrogen and oxygen atoms in total. The number of aromatic nitrogens is 1. The molecule has 0 N–H and O–H groups in total. The fourth-order valence-corrected chi connectivity index (χ4v) is 2.54. The number of terminal acetylenes is 1. The summed E-state index contributed by atoms with van der Waals surface area (Å²) in [6.07, 6.45) is 19.4. The molecule has 22 heavy (non-hydrogen) atoms. The third-order valence-electron chi connectivity index (χ3n) is 3.91. The summed E-state index contributed by atoms with van der Waals surface area (Å²) < 4.78 is 0. The molecular weight excluding hydrogens is 286 g/mol. The minimum Gasteiger partial charge on any atom is -0.263 e. The number of allylic oxidation sites excluding steroid dienone is 5. The molecule has 1 aromatic heterocycles. The van der Waals surface area contributed by atoms with Crippen LogP contribution in [0.3, 0.4) is 0 Å². The van der Waals surface area contributed by atoms with E-state index in [1.807, 2.05) is 6.20 Å². The fourth-order valence-electron chi connectivity index (χ4n) is 2.10. The Morgan fingerprint density at radius 3 is 2.95 bits per heavy atom. The van der Waals surface area contributed by atoms with Crippen molar-refractivity contribution in [2.45, 2.75) is 38.0 Å². The second-order valence-electron chi connectivity index (χ2n) is 5.82. The molecule has 1 aliphatic rings. The van der Waals surface area contributed by atoms with Crippen LogP contribution in [-0.2, 0) is 0 Å². The third kappa shape index (κ3) is 4.93. The van der Waals surface area contributed by atoms with Crippen LogP contribution in [0.15, 0.2) is 53.7 Å². The van der Waals surface area contributed by atoms with Crippen LogP contribution in [0.5, 0.6) is 0 Å².